The quantitative estimate of drug-likeness (QED) is 0.878. The van der Waals surface area contributed by atoms with Crippen molar-refractivity contribution < 1.29 is 4.42 Å². The molecule has 1 aliphatic carbocycles. The van der Waals surface area contributed by atoms with Crippen LogP contribution in [0.4, 0.5) is 0 Å². The molecule has 1 aliphatic rings. The van der Waals surface area contributed by atoms with Gasteiger partial charge < -0.3 is 9.73 Å². The maximum atomic E-state index is 5.78. The molecule has 2 rings (SSSR count). The van der Waals surface area contributed by atoms with Crippen LogP contribution in [-0.4, -0.2) is 15.7 Å². The summed E-state index contributed by atoms with van der Waals surface area (Å²) in [6.45, 7) is 9.26. The van der Waals surface area contributed by atoms with Crippen LogP contribution >= 0.6 is 0 Å². The Labute approximate surface area is 103 Å². The van der Waals surface area contributed by atoms with Crippen molar-refractivity contribution >= 4 is 0 Å². The van der Waals surface area contributed by atoms with Crippen molar-refractivity contribution in [2.24, 2.45) is 0 Å². The lowest BCUT2D eigenvalue weighted by Gasteiger charge is -2.19. The van der Waals surface area contributed by atoms with E-state index in [0.717, 1.165) is 5.89 Å². The fourth-order valence-electron chi connectivity index (χ4n) is 2.28. The Morgan fingerprint density at radius 2 is 1.88 bits per heavy atom. The van der Waals surface area contributed by atoms with Crippen molar-refractivity contribution in [3.05, 3.63) is 11.8 Å². The predicted octanol–water partition coefficient (Wildman–Crippen LogP) is 2.79. The highest BCUT2D eigenvalue weighted by molar-refractivity contribution is 5.04. The molecule has 4 heteroatoms. The van der Waals surface area contributed by atoms with Crippen LogP contribution in [0.1, 0.15) is 65.2 Å². The number of rotatable bonds is 3. The summed E-state index contributed by atoms with van der Waals surface area (Å²) in [6, 6.07) is 0. The number of hydrogen-bond acceptors (Lipinski definition) is 4. The van der Waals surface area contributed by atoms with Gasteiger partial charge >= 0.3 is 0 Å². The molecule has 4 nitrogen and oxygen atoms in total. The van der Waals surface area contributed by atoms with E-state index in [-0.39, 0.29) is 11.0 Å². The van der Waals surface area contributed by atoms with E-state index in [9.17, 15) is 0 Å². The van der Waals surface area contributed by atoms with E-state index in [2.05, 4.69) is 43.2 Å². The zero-order valence-corrected chi connectivity index (χ0v) is 11.3. The van der Waals surface area contributed by atoms with Crippen LogP contribution in [0.3, 0.4) is 0 Å². The minimum absolute atomic E-state index is 0.0753. The smallest absolute Gasteiger partial charge is 0.230 e. The summed E-state index contributed by atoms with van der Waals surface area (Å²) >= 11 is 0. The van der Waals surface area contributed by atoms with E-state index < -0.39 is 0 Å². The summed E-state index contributed by atoms with van der Waals surface area (Å²) in [6.07, 6.45) is 4.88. The molecular formula is C13H23N3O. The Balaban J connectivity index is 2.01. The largest absolute Gasteiger partial charge is 0.423 e. The lowest BCUT2D eigenvalue weighted by molar-refractivity contribution is 0.320. The molecule has 0 aromatic carbocycles. The van der Waals surface area contributed by atoms with Crippen molar-refractivity contribution in [1.82, 2.24) is 15.5 Å². The molecule has 1 aromatic heterocycles. The molecule has 17 heavy (non-hydrogen) atoms. The van der Waals surface area contributed by atoms with Gasteiger partial charge in [0.25, 0.3) is 0 Å². The minimum atomic E-state index is 0.0753. The van der Waals surface area contributed by atoms with Crippen LogP contribution in [-0.2, 0) is 12.0 Å². The normalized spacial score (nSPS) is 19.8. The van der Waals surface area contributed by atoms with Crippen LogP contribution in [0.5, 0.6) is 0 Å². The van der Waals surface area contributed by atoms with Crippen molar-refractivity contribution in [3.63, 3.8) is 0 Å². The first-order chi connectivity index (χ1) is 7.89. The van der Waals surface area contributed by atoms with Gasteiger partial charge in [-0.25, -0.2) is 0 Å². The average Bonchev–Trinajstić information content (AvgIpc) is 2.83. The summed E-state index contributed by atoms with van der Waals surface area (Å²) in [5.41, 5.74) is 0.193. The van der Waals surface area contributed by atoms with Gasteiger partial charge in [-0.05, 0) is 33.6 Å². The van der Waals surface area contributed by atoms with E-state index in [0.29, 0.717) is 12.4 Å². The molecule has 1 aromatic rings. The molecule has 0 saturated heterocycles. The van der Waals surface area contributed by atoms with Crippen molar-refractivity contribution in [2.45, 2.75) is 70.9 Å². The Morgan fingerprint density at radius 1 is 1.24 bits per heavy atom. The second kappa shape index (κ2) is 4.41. The maximum Gasteiger partial charge on any atom is 0.230 e. The number of aromatic nitrogens is 2. The Morgan fingerprint density at radius 3 is 2.47 bits per heavy atom. The van der Waals surface area contributed by atoms with Gasteiger partial charge in [-0.3, -0.25) is 0 Å². The highest BCUT2D eigenvalue weighted by atomic mass is 16.4. The Bertz CT molecular complexity index is 372. The lowest BCUT2D eigenvalue weighted by Crippen LogP contribution is -2.35. The fraction of sp³-hybridized carbons (Fsp3) is 0.846. The molecule has 0 unspecified atom stereocenters. The van der Waals surface area contributed by atoms with Gasteiger partial charge in [-0.2, -0.15) is 0 Å². The van der Waals surface area contributed by atoms with E-state index in [1.165, 1.54) is 25.7 Å². The zero-order valence-electron chi connectivity index (χ0n) is 11.3. The average molecular weight is 237 g/mol. The van der Waals surface area contributed by atoms with Crippen LogP contribution in [0, 0.1) is 0 Å². The van der Waals surface area contributed by atoms with Gasteiger partial charge in [0, 0.05) is 11.0 Å². The van der Waals surface area contributed by atoms with E-state index in [4.69, 9.17) is 4.42 Å². The van der Waals surface area contributed by atoms with Crippen molar-refractivity contribution in [1.29, 1.82) is 0 Å². The zero-order chi connectivity index (χ0) is 12.5. The predicted molar refractivity (Wildman–Crippen MR) is 66.7 cm³/mol. The molecular weight excluding hydrogens is 214 g/mol. The molecule has 1 saturated carbocycles. The second-order valence-electron chi connectivity index (χ2n) is 6.37. The number of hydrogen-bond donors (Lipinski definition) is 1. The topological polar surface area (TPSA) is 51.0 Å². The van der Waals surface area contributed by atoms with Gasteiger partial charge in [0.1, 0.15) is 0 Å². The molecule has 1 N–H and O–H groups in total. The second-order valence-corrected chi connectivity index (χ2v) is 6.37. The van der Waals surface area contributed by atoms with Gasteiger partial charge in [-0.15, -0.1) is 10.2 Å². The molecule has 1 fully saturated rings. The van der Waals surface area contributed by atoms with Gasteiger partial charge in [0.15, 0.2) is 0 Å². The first-order valence-corrected chi connectivity index (χ1v) is 6.47. The molecule has 0 radical (unpaired) electrons. The Kier molecular flexibility index (Phi) is 3.25. The van der Waals surface area contributed by atoms with E-state index in [1.54, 1.807) is 0 Å². The molecule has 0 atom stereocenters. The summed E-state index contributed by atoms with van der Waals surface area (Å²) in [5.74, 6) is 1.52. The summed E-state index contributed by atoms with van der Waals surface area (Å²) < 4.78 is 5.78. The maximum absolute atomic E-state index is 5.78. The Hall–Kier alpha value is -0.900. The van der Waals surface area contributed by atoms with E-state index >= 15 is 0 Å². The molecule has 0 amide bonds. The highest BCUT2D eigenvalue weighted by Gasteiger charge is 2.35. The lowest BCUT2D eigenvalue weighted by atomic mass is 9.89. The number of nitrogens with one attached hydrogen (secondary N) is 1. The molecule has 0 spiro atoms. The van der Waals surface area contributed by atoms with Crippen LogP contribution in [0.2, 0.25) is 0 Å². The van der Waals surface area contributed by atoms with Gasteiger partial charge in [-0.1, -0.05) is 19.8 Å². The van der Waals surface area contributed by atoms with Crippen LogP contribution < -0.4 is 5.32 Å². The summed E-state index contributed by atoms with van der Waals surface area (Å²) in [7, 11) is 0. The SMILES string of the molecule is CC(C)(C)NCc1nnc(C2(C)CCCC2)o1. The van der Waals surface area contributed by atoms with Crippen LogP contribution in [0.15, 0.2) is 4.42 Å². The third-order valence-corrected chi connectivity index (χ3v) is 3.46. The monoisotopic (exact) mass is 237 g/mol. The van der Waals surface area contributed by atoms with Gasteiger partial charge in [0.2, 0.25) is 11.8 Å². The standard InChI is InChI=1S/C13H23N3O/c1-12(2,3)14-9-10-15-16-11(17-10)13(4)7-5-6-8-13/h14H,5-9H2,1-4H3. The van der Waals surface area contributed by atoms with Crippen molar-refractivity contribution in [2.75, 3.05) is 0 Å². The van der Waals surface area contributed by atoms with Crippen LogP contribution in [0.25, 0.3) is 0 Å². The summed E-state index contributed by atoms with van der Waals surface area (Å²) in [5, 5.41) is 11.7. The molecule has 0 aliphatic heterocycles. The minimum Gasteiger partial charge on any atom is -0.423 e. The van der Waals surface area contributed by atoms with Gasteiger partial charge in [0.05, 0.1) is 6.54 Å². The third kappa shape index (κ3) is 3.06. The molecule has 96 valence electrons. The summed E-state index contributed by atoms with van der Waals surface area (Å²) in [4.78, 5) is 0. The fourth-order valence-corrected chi connectivity index (χ4v) is 2.28. The first-order valence-electron chi connectivity index (χ1n) is 6.47. The first kappa shape index (κ1) is 12.6. The molecule has 0 bridgehead atoms. The van der Waals surface area contributed by atoms with E-state index in [1.807, 2.05) is 0 Å². The van der Waals surface area contributed by atoms with Crippen molar-refractivity contribution in [3.8, 4) is 0 Å². The number of nitrogens with zero attached hydrogens (tertiary/aromatic N) is 2. The third-order valence-electron chi connectivity index (χ3n) is 3.46. The highest BCUT2D eigenvalue weighted by Crippen LogP contribution is 2.39. The molecule has 1 heterocycles.